The van der Waals surface area contributed by atoms with E-state index < -0.39 is 0 Å². The van der Waals surface area contributed by atoms with Crippen molar-refractivity contribution in [1.82, 2.24) is 10.3 Å². The summed E-state index contributed by atoms with van der Waals surface area (Å²) in [4.78, 5) is 18.2. The van der Waals surface area contributed by atoms with Crippen LogP contribution < -0.4 is 19.5 Å². The number of nitrogens with one attached hydrogen (secondary N) is 1. The van der Waals surface area contributed by atoms with E-state index in [-0.39, 0.29) is 11.9 Å². The molecule has 6 nitrogen and oxygen atoms in total. The van der Waals surface area contributed by atoms with Gasteiger partial charge >= 0.3 is 0 Å². The Kier molecular flexibility index (Phi) is 6.62. The molecule has 158 valence electrons. The Hall–Kier alpha value is -3.06. The van der Waals surface area contributed by atoms with E-state index in [2.05, 4.69) is 10.3 Å². The Morgan fingerprint density at radius 3 is 2.30 bits per heavy atom. The molecule has 0 aliphatic heterocycles. The Balaban J connectivity index is 1.85. The highest BCUT2D eigenvalue weighted by Crippen LogP contribution is 2.35. The van der Waals surface area contributed by atoms with Crippen LogP contribution in [-0.2, 0) is 0 Å². The molecule has 1 amide bonds. The maximum Gasteiger partial charge on any atom is 0.263 e. The van der Waals surface area contributed by atoms with Gasteiger partial charge in [0.15, 0.2) is 11.5 Å². The van der Waals surface area contributed by atoms with Gasteiger partial charge in [0.25, 0.3) is 5.91 Å². The number of carbonyl (C=O) groups is 1. The summed E-state index contributed by atoms with van der Waals surface area (Å²) < 4.78 is 16.1. The zero-order chi connectivity index (χ0) is 21.8. The van der Waals surface area contributed by atoms with Gasteiger partial charge in [0, 0.05) is 11.1 Å². The second kappa shape index (κ2) is 9.17. The minimum atomic E-state index is -0.210. The van der Waals surface area contributed by atoms with E-state index in [4.69, 9.17) is 14.2 Å². The summed E-state index contributed by atoms with van der Waals surface area (Å²) in [5.74, 6) is 1.86. The van der Waals surface area contributed by atoms with Crippen LogP contribution in [0.2, 0.25) is 0 Å². The molecule has 1 aromatic heterocycles. The first-order valence-corrected chi connectivity index (χ1v) is 10.3. The van der Waals surface area contributed by atoms with Gasteiger partial charge in [-0.1, -0.05) is 17.7 Å². The summed E-state index contributed by atoms with van der Waals surface area (Å²) in [5, 5.41) is 3.82. The third-order valence-electron chi connectivity index (χ3n) is 4.83. The average Bonchev–Trinajstić information content (AvgIpc) is 3.14. The highest BCUT2D eigenvalue weighted by atomic mass is 32.1. The van der Waals surface area contributed by atoms with Crippen LogP contribution in [0, 0.1) is 13.8 Å². The van der Waals surface area contributed by atoms with Crippen LogP contribution in [0.1, 0.15) is 39.5 Å². The van der Waals surface area contributed by atoms with Gasteiger partial charge < -0.3 is 19.5 Å². The average molecular weight is 427 g/mol. The molecule has 0 spiro atoms. The van der Waals surface area contributed by atoms with Crippen LogP contribution >= 0.6 is 11.3 Å². The number of aromatic nitrogens is 1. The lowest BCUT2D eigenvalue weighted by Gasteiger charge is -2.17. The smallest absolute Gasteiger partial charge is 0.263 e. The summed E-state index contributed by atoms with van der Waals surface area (Å²) >= 11 is 1.35. The van der Waals surface area contributed by atoms with Crippen LogP contribution in [-0.4, -0.2) is 32.2 Å². The molecule has 7 heteroatoms. The first-order valence-electron chi connectivity index (χ1n) is 9.53. The largest absolute Gasteiger partial charge is 0.496 e. The summed E-state index contributed by atoms with van der Waals surface area (Å²) in [5.41, 5.74) is 3.60. The van der Waals surface area contributed by atoms with Crippen LogP contribution in [0.25, 0.3) is 10.6 Å². The first-order chi connectivity index (χ1) is 14.4. The molecule has 1 atom stereocenters. The van der Waals surface area contributed by atoms with Gasteiger partial charge in [-0.15, -0.1) is 11.3 Å². The fourth-order valence-corrected chi connectivity index (χ4v) is 4.20. The van der Waals surface area contributed by atoms with Crippen molar-refractivity contribution in [3.8, 4) is 27.8 Å². The minimum Gasteiger partial charge on any atom is -0.496 e. The van der Waals surface area contributed by atoms with E-state index in [9.17, 15) is 4.79 Å². The van der Waals surface area contributed by atoms with Gasteiger partial charge in [0.1, 0.15) is 15.6 Å². The summed E-state index contributed by atoms with van der Waals surface area (Å²) in [6.45, 7) is 5.80. The third-order valence-corrected chi connectivity index (χ3v) is 6.04. The van der Waals surface area contributed by atoms with Crippen molar-refractivity contribution in [2.75, 3.05) is 21.3 Å². The number of hydrogen-bond donors (Lipinski definition) is 1. The molecular formula is C23H26N2O4S. The molecule has 1 heterocycles. The monoisotopic (exact) mass is 426 g/mol. The second-order valence-corrected chi connectivity index (χ2v) is 7.94. The van der Waals surface area contributed by atoms with Gasteiger partial charge in [0.2, 0.25) is 0 Å². The van der Waals surface area contributed by atoms with Crippen molar-refractivity contribution >= 4 is 17.2 Å². The van der Waals surface area contributed by atoms with Crippen LogP contribution in [0.5, 0.6) is 17.2 Å². The number of rotatable bonds is 7. The molecule has 1 unspecified atom stereocenters. The van der Waals surface area contributed by atoms with Crippen molar-refractivity contribution in [3.63, 3.8) is 0 Å². The van der Waals surface area contributed by atoms with Crippen molar-refractivity contribution in [2.24, 2.45) is 0 Å². The van der Waals surface area contributed by atoms with Gasteiger partial charge in [-0.3, -0.25) is 4.79 Å². The zero-order valence-corrected chi connectivity index (χ0v) is 18.8. The molecular weight excluding hydrogens is 400 g/mol. The van der Waals surface area contributed by atoms with Gasteiger partial charge in [-0.05, 0) is 45.0 Å². The SMILES string of the molecule is COc1ccc(-c2nc(C)c(C(=O)NC(C)c3cc(C)ccc3OC)s2)cc1OC. The Morgan fingerprint density at radius 1 is 0.967 bits per heavy atom. The third kappa shape index (κ3) is 4.41. The maximum absolute atomic E-state index is 13.0. The number of carbonyl (C=O) groups excluding carboxylic acids is 1. The molecule has 0 radical (unpaired) electrons. The predicted molar refractivity (Wildman–Crippen MR) is 119 cm³/mol. The summed E-state index contributed by atoms with van der Waals surface area (Å²) in [7, 11) is 4.82. The number of hydrogen-bond acceptors (Lipinski definition) is 6. The van der Waals surface area contributed by atoms with Crippen LogP contribution in [0.15, 0.2) is 36.4 Å². The Bertz CT molecular complexity index is 1060. The Labute approximate surface area is 180 Å². The quantitative estimate of drug-likeness (QED) is 0.579. The summed E-state index contributed by atoms with van der Waals surface area (Å²) in [6.07, 6.45) is 0. The molecule has 0 saturated carbocycles. The number of ether oxygens (including phenoxy) is 3. The minimum absolute atomic E-state index is 0.159. The van der Waals surface area contributed by atoms with Crippen molar-refractivity contribution in [1.29, 1.82) is 0 Å². The molecule has 0 aliphatic carbocycles. The van der Waals surface area contributed by atoms with Crippen molar-refractivity contribution in [3.05, 3.63) is 58.1 Å². The molecule has 3 rings (SSSR count). The molecule has 3 aromatic rings. The van der Waals surface area contributed by atoms with E-state index in [0.717, 1.165) is 27.4 Å². The van der Waals surface area contributed by atoms with Gasteiger partial charge in [0.05, 0.1) is 33.1 Å². The first kappa shape index (κ1) is 21.6. The lowest BCUT2D eigenvalue weighted by atomic mass is 10.0. The normalized spacial score (nSPS) is 11.7. The molecule has 0 bridgehead atoms. The number of methoxy groups -OCH3 is 3. The zero-order valence-electron chi connectivity index (χ0n) is 18.0. The standard InChI is InChI=1S/C23H26N2O4S/c1-13-7-9-18(27-4)17(11-13)14(2)24-22(26)21-15(3)25-23(30-21)16-8-10-19(28-5)20(12-16)29-6/h7-12,14H,1-6H3,(H,24,26). The van der Waals surface area contributed by atoms with Crippen molar-refractivity contribution in [2.45, 2.75) is 26.8 Å². The summed E-state index contributed by atoms with van der Waals surface area (Å²) in [6, 6.07) is 11.3. The van der Waals surface area contributed by atoms with E-state index in [1.165, 1.54) is 11.3 Å². The number of thiazole rings is 1. The predicted octanol–water partition coefficient (Wildman–Crippen LogP) is 4.94. The number of nitrogens with zero attached hydrogens (tertiary/aromatic N) is 1. The molecule has 30 heavy (non-hydrogen) atoms. The van der Waals surface area contributed by atoms with Crippen molar-refractivity contribution < 1.29 is 19.0 Å². The van der Waals surface area contributed by atoms with Crippen LogP contribution in [0.3, 0.4) is 0 Å². The van der Waals surface area contributed by atoms with Gasteiger partial charge in [-0.25, -0.2) is 4.98 Å². The lowest BCUT2D eigenvalue weighted by Crippen LogP contribution is -2.26. The topological polar surface area (TPSA) is 69.7 Å². The molecule has 0 fully saturated rings. The lowest BCUT2D eigenvalue weighted by molar-refractivity contribution is 0.0943. The van der Waals surface area contributed by atoms with E-state index >= 15 is 0 Å². The second-order valence-electron chi connectivity index (χ2n) is 6.94. The number of aryl methyl sites for hydroxylation is 2. The van der Waals surface area contributed by atoms with Gasteiger partial charge in [-0.2, -0.15) is 0 Å². The van der Waals surface area contributed by atoms with E-state index in [0.29, 0.717) is 22.1 Å². The number of amides is 1. The Morgan fingerprint density at radius 2 is 1.63 bits per heavy atom. The molecule has 0 aliphatic rings. The fraction of sp³-hybridized carbons (Fsp3) is 0.304. The maximum atomic E-state index is 13.0. The van der Waals surface area contributed by atoms with E-state index in [1.807, 2.05) is 57.2 Å². The fourth-order valence-electron chi connectivity index (χ4n) is 3.23. The van der Waals surface area contributed by atoms with E-state index in [1.54, 1.807) is 21.3 Å². The molecule has 1 N–H and O–H groups in total. The van der Waals surface area contributed by atoms with Crippen LogP contribution in [0.4, 0.5) is 0 Å². The highest BCUT2D eigenvalue weighted by Gasteiger charge is 2.21. The number of benzene rings is 2. The molecule has 0 saturated heterocycles. The highest BCUT2D eigenvalue weighted by molar-refractivity contribution is 7.17. The molecule has 2 aromatic carbocycles.